The monoisotopic (exact) mass is 190 g/mol. The largest absolute Gasteiger partial charge is 0.326 e. The molecule has 0 bridgehead atoms. The van der Waals surface area contributed by atoms with Crippen LogP contribution in [0, 0.1) is 0 Å². The Morgan fingerprint density at radius 3 is 3.00 bits per heavy atom. The summed E-state index contributed by atoms with van der Waals surface area (Å²) >= 11 is 0. The number of rotatable bonds is 3. The van der Waals surface area contributed by atoms with E-state index in [0.29, 0.717) is 6.54 Å². The molecule has 0 unspecified atom stereocenters. The van der Waals surface area contributed by atoms with Gasteiger partial charge in [0, 0.05) is 24.7 Å². The number of aromatic nitrogens is 3. The van der Waals surface area contributed by atoms with E-state index < -0.39 is 0 Å². The van der Waals surface area contributed by atoms with Crippen molar-refractivity contribution in [2.75, 3.05) is 0 Å². The van der Waals surface area contributed by atoms with Gasteiger partial charge in [-0.15, -0.1) is 10.2 Å². The Morgan fingerprint density at radius 1 is 1.43 bits per heavy atom. The van der Waals surface area contributed by atoms with Crippen LogP contribution in [0.15, 0.2) is 18.3 Å². The maximum Gasteiger partial charge on any atom is 0.165 e. The number of nitrogens with two attached hydrogens (primary N) is 1. The molecule has 0 aliphatic rings. The average Bonchev–Trinajstić information content (AvgIpc) is 2.62. The lowest BCUT2D eigenvalue weighted by Crippen LogP contribution is -2.00. The van der Waals surface area contributed by atoms with E-state index in [4.69, 9.17) is 5.73 Å². The molecule has 0 amide bonds. The molecule has 2 rings (SSSR count). The normalized spacial score (nSPS) is 11.0. The molecule has 0 fully saturated rings. The second-order valence-corrected chi connectivity index (χ2v) is 3.30. The summed E-state index contributed by atoms with van der Waals surface area (Å²) in [7, 11) is 0. The first-order chi connectivity index (χ1) is 6.86. The van der Waals surface area contributed by atoms with Gasteiger partial charge in [-0.3, -0.25) is 4.40 Å². The summed E-state index contributed by atoms with van der Waals surface area (Å²) in [5.74, 6) is 1.01. The predicted octanol–water partition coefficient (Wildman–Crippen LogP) is 1.14. The van der Waals surface area contributed by atoms with Crippen molar-refractivity contribution in [1.29, 1.82) is 0 Å². The Balaban J connectivity index is 2.57. The van der Waals surface area contributed by atoms with Crippen LogP contribution in [-0.2, 0) is 13.0 Å². The summed E-state index contributed by atoms with van der Waals surface area (Å²) < 4.78 is 2.02. The van der Waals surface area contributed by atoms with Crippen molar-refractivity contribution in [1.82, 2.24) is 14.6 Å². The van der Waals surface area contributed by atoms with E-state index in [-0.39, 0.29) is 0 Å². The third-order valence-corrected chi connectivity index (χ3v) is 2.28. The third kappa shape index (κ3) is 1.37. The lowest BCUT2D eigenvalue weighted by molar-refractivity contribution is 0.817. The maximum absolute atomic E-state index is 5.62. The molecule has 0 aliphatic heterocycles. The highest BCUT2D eigenvalue weighted by molar-refractivity contribution is 5.47. The zero-order chi connectivity index (χ0) is 9.97. The fraction of sp³-hybridized carbons (Fsp3) is 0.400. The van der Waals surface area contributed by atoms with Crippen molar-refractivity contribution in [3.05, 3.63) is 29.7 Å². The van der Waals surface area contributed by atoms with E-state index in [1.54, 1.807) is 0 Å². The molecule has 4 nitrogen and oxygen atoms in total. The molecule has 0 aromatic carbocycles. The van der Waals surface area contributed by atoms with Gasteiger partial charge in [-0.25, -0.2) is 0 Å². The van der Waals surface area contributed by atoms with Gasteiger partial charge in [0.15, 0.2) is 5.65 Å². The van der Waals surface area contributed by atoms with Crippen molar-refractivity contribution in [3.8, 4) is 0 Å². The van der Waals surface area contributed by atoms with Crippen LogP contribution < -0.4 is 5.73 Å². The number of aryl methyl sites for hydroxylation is 1. The molecule has 74 valence electrons. The number of hydrogen-bond acceptors (Lipinski definition) is 3. The Kier molecular flexibility index (Phi) is 2.45. The fourth-order valence-electron chi connectivity index (χ4n) is 1.57. The van der Waals surface area contributed by atoms with Crippen LogP contribution in [0.3, 0.4) is 0 Å². The molecule has 0 radical (unpaired) electrons. The lowest BCUT2D eigenvalue weighted by atomic mass is 10.2. The van der Waals surface area contributed by atoms with E-state index in [1.807, 2.05) is 22.7 Å². The molecular formula is C10H14N4. The molecule has 2 heterocycles. The Hall–Kier alpha value is -1.42. The topological polar surface area (TPSA) is 56.2 Å². The van der Waals surface area contributed by atoms with Crippen LogP contribution >= 0.6 is 0 Å². The van der Waals surface area contributed by atoms with Crippen molar-refractivity contribution >= 4 is 5.65 Å². The van der Waals surface area contributed by atoms with Crippen LogP contribution in [0.1, 0.15) is 24.7 Å². The van der Waals surface area contributed by atoms with Crippen LogP contribution in [0.4, 0.5) is 0 Å². The van der Waals surface area contributed by atoms with E-state index in [0.717, 1.165) is 29.9 Å². The standard InChI is InChI=1S/C10H14N4/c1-2-4-9-12-13-10-8(7-11)5-3-6-14(9)10/h3,5-6H,2,4,7,11H2,1H3. The molecule has 0 saturated heterocycles. The zero-order valence-corrected chi connectivity index (χ0v) is 8.27. The van der Waals surface area contributed by atoms with Gasteiger partial charge in [0.25, 0.3) is 0 Å². The van der Waals surface area contributed by atoms with Crippen LogP contribution in [0.2, 0.25) is 0 Å². The average molecular weight is 190 g/mol. The van der Waals surface area contributed by atoms with E-state index in [1.165, 1.54) is 0 Å². The molecule has 2 aromatic rings. The van der Waals surface area contributed by atoms with Crippen LogP contribution in [0.25, 0.3) is 5.65 Å². The Morgan fingerprint density at radius 2 is 2.29 bits per heavy atom. The Bertz CT molecular complexity index is 433. The molecule has 4 heteroatoms. The second kappa shape index (κ2) is 3.75. The van der Waals surface area contributed by atoms with Gasteiger partial charge in [0.2, 0.25) is 0 Å². The summed E-state index contributed by atoms with van der Waals surface area (Å²) in [6, 6.07) is 3.97. The summed E-state index contributed by atoms with van der Waals surface area (Å²) in [6.45, 7) is 2.64. The molecule has 2 N–H and O–H groups in total. The first-order valence-corrected chi connectivity index (χ1v) is 4.88. The Labute approximate surface area is 82.8 Å². The quantitative estimate of drug-likeness (QED) is 0.789. The molecule has 0 atom stereocenters. The van der Waals surface area contributed by atoms with E-state index in [9.17, 15) is 0 Å². The van der Waals surface area contributed by atoms with Crippen LogP contribution in [0.5, 0.6) is 0 Å². The molecule has 0 aliphatic carbocycles. The first kappa shape index (κ1) is 9.15. The highest BCUT2D eigenvalue weighted by atomic mass is 15.2. The summed E-state index contributed by atoms with van der Waals surface area (Å²) in [5.41, 5.74) is 7.55. The molecule has 2 aromatic heterocycles. The number of pyridine rings is 1. The van der Waals surface area contributed by atoms with Gasteiger partial charge >= 0.3 is 0 Å². The fourth-order valence-corrected chi connectivity index (χ4v) is 1.57. The highest BCUT2D eigenvalue weighted by Gasteiger charge is 2.06. The SMILES string of the molecule is CCCc1nnc2c(CN)cccn12. The second-order valence-electron chi connectivity index (χ2n) is 3.30. The van der Waals surface area contributed by atoms with Crippen molar-refractivity contribution in [2.45, 2.75) is 26.3 Å². The smallest absolute Gasteiger partial charge is 0.165 e. The van der Waals surface area contributed by atoms with Gasteiger partial charge < -0.3 is 5.73 Å². The molecule has 14 heavy (non-hydrogen) atoms. The number of hydrogen-bond donors (Lipinski definition) is 1. The summed E-state index contributed by atoms with van der Waals surface area (Å²) in [6.07, 6.45) is 4.02. The van der Waals surface area contributed by atoms with Crippen molar-refractivity contribution < 1.29 is 0 Å². The highest BCUT2D eigenvalue weighted by Crippen LogP contribution is 2.10. The van der Waals surface area contributed by atoms with Gasteiger partial charge in [0.05, 0.1) is 0 Å². The van der Waals surface area contributed by atoms with Crippen LogP contribution in [-0.4, -0.2) is 14.6 Å². The number of nitrogens with zero attached hydrogens (tertiary/aromatic N) is 3. The minimum Gasteiger partial charge on any atom is -0.326 e. The van der Waals surface area contributed by atoms with Gasteiger partial charge in [0.1, 0.15) is 5.82 Å². The first-order valence-electron chi connectivity index (χ1n) is 4.88. The van der Waals surface area contributed by atoms with Gasteiger partial charge in [-0.05, 0) is 12.5 Å². The van der Waals surface area contributed by atoms with Crippen molar-refractivity contribution in [3.63, 3.8) is 0 Å². The zero-order valence-electron chi connectivity index (χ0n) is 8.27. The number of fused-ring (bicyclic) bond motifs is 1. The molecule has 0 spiro atoms. The maximum atomic E-state index is 5.62. The minimum atomic E-state index is 0.509. The molecular weight excluding hydrogens is 176 g/mol. The van der Waals surface area contributed by atoms with E-state index >= 15 is 0 Å². The summed E-state index contributed by atoms with van der Waals surface area (Å²) in [4.78, 5) is 0. The minimum absolute atomic E-state index is 0.509. The lowest BCUT2D eigenvalue weighted by Gasteiger charge is -2.00. The van der Waals surface area contributed by atoms with Crippen molar-refractivity contribution in [2.24, 2.45) is 5.73 Å². The van der Waals surface area contributed by atoms with Gasteiger partial charge in [-0.1, -0.05) is 13.0 Å². The third-order valence-electron chi connectivity index (χ3n) is 2.28. The van der Waals surface area contributed by atoms with E-state index in [2.05, 4.69) is 17.1 Å². The molecule has 0 saturated carbocycles. The predicted molar refractivity (Wildman–Crippen MR) is 54.9 cm³/mol. The summed E-state index contributed by atoms with van der Waals surface area (Å²) in [5, 5.41) is 8.29. The van der Waals surface area contributed by atoms with Gasteiger partial charge in [-0.2, -0.15) is 0 Å².